The van der Waals surface area contributed by atoms with Crippen LogP contribution >= 0.6 is 11.6 Å². The molecule has 0 fully saturated rings. The number of hydrogen-bond donors (Lipinski definition) is 1. The molecule has 9 heteroatoms. The Labute approximate surface area is 173 Å². The molecule has 1 aromatic rings. The van der Waals surface area contributed by atoms with Gasteiger partial charge in [0.05, 0.1) is 12.0 Å². The van der Waals surface area contributed by atoms with Crippen molar-refractivity contribution in [2.24, 2.45) is 5.92 Å². The van der Waals surface area contributed by atoms with E-state index in [1.165, 1.54) is 0 Å². The minimum Gasteiger partial charge on any atom is -0.550 e. The zero-order chi connectivity index (χ0) is 18.1. The van der Waals surface area contributed by atoms with Crippen molar-refractivity contribution in [3.05, 3.63) is 34.9 Å². The van der Waals surface area contributed by atoms with Gasteiger partial charge in [-0.3, -0.25) is 4.79 Å². The molecule has 1 aromatic carbocycles. The third-order valence-electron chi connectivity index (χ3n) is 3.06. The van der Waals surface area contributed by atoms with Gasteiger partial charge in [0.15, 0.2) is 0 Å². The van der Waals surface area contributed by atoms with Crippen molar-refractivity contribution in [2.45, 2.75) is 32.7 Å². The van der Waals surface area contributed by atoms with E-state index in [0.29, 0.717) is 10.6 Å². The molecule has 0 aliphatic rings. The number of esters is 1. The van der Waals surface area contributed by atoms with E-state index in [9.17, 15) is 19.5 Å². The molecule has 0 spiro atoms. The second kappa shape index (κ2) is 12.1. The minimum atomic E-state index is -1.23. The average molecular weight is 380 g/mol. The summed E-state index contributed by atoms with van der Waals surface area (Å²) in [4.78, 5) is 33.7. The molecule has 0 heterocycles. The Hall–Kier alpha value is -1.28. The fourth-order valence-electron chi connectivity index (χ4n) is 1.77. The van der Waals surface area contributed by atoms with Gasteiger partial charge in [0, 0.05) is 11.0 Å². The van der Waals surface area contributed by atoms with Gasteiger partial charge >= 0.3 is 41.6 Å². The van der Waals surface area contributed by atoms with Crippen molar-refractivity contribution in [1.29, 1.82) is 0 Å². The quantitative estimate of drug-likeness (QED) is 0.345. The van der Waals surface area contributed by atoms with E-state index in [1.54, 1.807) is 38.1 Å². The van der Waals surface area contributed by atoms with Crippen molar-refractivity contribution in [3.63, 3.8) is 0 Å². The predicted octanol–water partition coefficient (Wildman–Crippen LogP) is -1.20. The van der Waals surface area contributed by atoms with E-state index in [4.69, 9.17) is 21.1 Å². The summed E-state index contributed by atoms with van der Waals surface area (Å²) in [6, 6.07) is 5.98. The topological polar surface area (TPSA) is 105 Å². The van der Waals surface area contributed by atoms with Crippen LogP contribution < -0.4 is 40.0 Å². The Kier molecular flexibility index (Phi) is 11.5. The van der Waals surface area contributed by atoms with Crippen molar-refractivity contribution < 1.29 is 58.5 Å². The van der Waals surface area contributed by atoms with Crippen LogP contribution in [0, 0.1) is 5.92 Å². The number of carbonyl (C=O) groups is 3. The second-order valence-electron chi connectivity index (χ2n) is 5.33. The Morgan fingerprint density at radius 2 is 1.76 bits per heavy atom. The number of ether oxygens (including phenoxy) is 2. The fourth-order valence-corrected chi connectivity index (χ4v) is 1.90. The maximum atomic E-state index is 11.8. The van der Waals surface area contributed by atoms with Crippen LogP contribution in [0.4, 0.5) is 4.79 Å². The van der Waals surface area contributed by atoms with Crippen LogP contribution in [0.2, 0.25) is 5.02 Å². The summed E-state index contributed by atoms with van der Waals surface area (Å²) in [5.74, 6) is -2.05. The third-order valence-corrected chi connectivity index (χ3v) is 3.32. The zero-order valence-electron chi connectivity index (χ0n) is 14.4. The SMILES string of the molecule is CC(C)C(=O)OCOC(=O)NC(CCC(=O)[O-])c1ccc(Cl)cc1.[Na+]. The number of nitrogens with one attached hydrogen (secondary N) is 1. The summed E-state index contributed by atoms with van der Waals surface area (Å²) in [5, 5.41) is 13.7. The average Bonchev–Trinajstić information content (AvgIpc) is 2.51. The normalized spacial score (nSPS) is 11.2. The first-order valence-corrected chi connectivity index (χ1v) is 7.72. The van der Waals surface area contributed by atoms with Gasteiger partial charge < -0.3 is 24.7 Å². The minimum absolute atomic E-state index is 0. The molecular weight excluding hydrogens is 361 g/mol. The number of amides is 1. The number of carbonyl (C=O) groups excluding carboxylic acids is 3. The number of halogens is 1. The molecule has 0 aliphatic carbocycles. The predicted molar refractivity (Wildman–Crippen MR) is 83.8 cm³/mol. The summed E-state index contributed by atoms with van der Waals surface area (Å²) in [7, 11) is 0. The summed E-state index contributed by atoms with van der Waals surface area (Å²) in [6.07, 6.45) is -0.953. The first kappa shape index (κ1) is 23.7. The molecule has 132 valence electrons. The molecule has 0 saturated heterocycles. The molecule has 1 rings (SSSR count). The van der Waals surface area contributed by atoms with E-state index in [-0.39, 0.29) is 48.3 Å². The van der Waals surface area contributed by atoms with E-state index in [1.807, 2.05) is 0 Å². The number of carboxylic acid groups (broad SMARTS) is 1. The molecule has 1 atom stereocenters. The van der Waals surface area contributed by atoms with Crippen LogP contribution in [0.3, 0.4) is 0 Å². The first-order chi connectivity index (χ1) is 11.3. The molecule has 1 unspecified atom stereocenters. The summed E-state index contributed by atoms with van der Waals surface area (Å²) in [5.41, 5.74) is 0.664. The van der Waals surface area contributed by atoms with Crippen LogP contribution in [-0.4, -0.2) is 24.8 Å². The summed E-state index contributed by atoms with van der Waals surface area (Å²) in [6.45, 7) is 2.79. The van der Waals surface area contributed by atoms with Gasteiger partial charge in [-0.1, -0.05) is 37.6 Å². The van der Waals surface area contributed by atoms with E-state index >= 15 is 0 Å². The van der Waals surface area contributed by atoms with E-state index in [0.717, 1.165) is 0 Å². The molecule has 25 heavy (non-hydrogen) atoms. The number of benzene rings is 1. The molecule has 1 N–H and O–H groups in total. The van der Waals surface area contributed by atoms with Gasteiger partial charge in [0.25, 0.3) is 0 Å². The molecule has 0 aliphatic heterocycles. The standard InChI is InChI=1S/C16H20ClNO6.Na/c1-10(2)15(21)23-9-24-16(22)18-13(7-8-14(19)20)11-3-5-12(17)6-4-11;/h3-6,10,13H,7-9H2,1-2H3,(H,18,22)(H,19,20);/q;+1/p-1. The van der Waals surface area contributed by atoms with Gasteiger partial charge in [-0.2, -0.15) is 0 Å². The Balaban J connectivity index is 0.00000576. The van der Waals surface area contributed by atoms with Crippen molar-refractivity contribution in [3.8, 4) is 0 Å². The first-order valence-electron chi connectivity index (χ1n) is 7.34. The van der Waals surface area contributed by atoms with Crippen LogP contribution in [-0.2, 0) is 19.1 Å². The maximum Gasteiger partial charge on any atom is 1.00 e. The Morgan fingerprint density at radius 1 is 1.16 bits per heavy atom. The van der Waals surface area contributed by atoms with Crippen LogP contribution in [0.5, 0.6) is 0 Å². The van der Waals surface area contributed by atoms with Gasteiger partial charge in [0.1, 0.15) is 0 Å². The number of rotatable bonds is 8. The molecule has 0 radical (unpaired) electrons. The zero-order valence-corrected chi connectivity index (χ0v) is 17.2. The number of hydrogen-bond acceptors (Lipinski definition) is 6. The molecule has 0 bridgehead atoms. The van der Waals surface area contributed by atoms with Crippen molar-refractivity contribution in [2.75, 3.05) is 6.79 Å². The molecule has 0 saturated carbocycles. The van der Waals surface area contributed by atoms with Crippen LogP contribution in [0.25, 0.3) is 0 Å². The molecule has 0 aromatic heterocycles. The number of alkyl carbamates (subject to hydrolysis) is 1. The van der Waals surface area contributed by atoms with Gasteiger partial charge in [-0.15, -0.1) is 0 Å². The number of carboxylic acids is 1. The van der Waals surface area contributed by atoms with E-state index < -0.39 is 30.9 Å². The number of aliphatic carboxylic acids is 1. The molecular formula is C16H19ClNNaO6. The fraction of sp³-hybridized carbons (Fsp3) is 0.438. The monoisotopic (exact) mass is 379 g/mol. The van der Waals surface area contributed by atoms with Crippen LogP contribution in [0.1, 0.15) is 38.3 Å². The molecule has 7 nitrogen and oxygen atoms in total. The Bertz CT molecular complexity index is 578. The third kappa shape index (κ3) is 9.69. The second-order valence-corrected chi connectivity index (χ2v) is 5.76. The Morgan fingerprint density at radius 3 is 2.28 bits per heavy atom. The largest absolute Gasteiger partial charge is 1.00 e. The smallest absolute Gasteiger partial charge is 0.550 e. The van der Waals surface area contributed by atoms with Gasteiger partial charge in [-0.05, 0) is 30.5 Å². The molecule has 1 amide bonds. The van der Waals surface area contributed by atoms with Crippen molar-refractivity contribution >= 4 is 29.6 Å². The van der Waals surface area contributed by atoms with E-state index in [2.05, 4.69) is 5.32 Å². The maximum absolute atomic E-state index is 11.8. The van der Waals surface area contributed by atoms with Crippen LogP contribution in [0.15, 0.2) is 24.3 Å². The summed E-state index contributed by atoms with van der Waals surface area (Å²) < 4.78 is 9.49. The van der Waals surface area contributed by atoms with Crippen molar-refractivity contribution in [1.82, 2.24) is 5.32 Å². The summed E-state index contributed by atoms with van der Waals surface area (Å²) >= 11 is 5.81. The van der Waals surface area contributed by atoms with Gasteiger partial charge in [-0.25, -0.2) is 4.79 Å². The van der Waals surface area contributed by atoms with Gasteiger partial charge in [0.2, 0.25) is 6.79 Å².